The molecule has 5 heteroatoms. The summed E-state index contributed by atoms with van der Waals surface area (Å²) >= 11 is 5.90. The third kappa shape index (κ3) is 4.44. The van der Waals surface area contributed by atoms with Crippen LogP contribution < -0.4 is 10.1 Å². The highest BCUT2D eigenvalue weighted by atomic mass is 35.5. The van der Waals surface area contributed by atoms with Gasteiger partial charge in [-0.05, 0) is 25.1 Å². The second-order valence-electron chi connectivity index (χ2n) is 3.36. The number of halogens is 1. The number of benzene rings is 1. The molecule has 1 aromatic rings. The second-order valence-corrected chi connectivity index (χ2v) is 3.77. The maximum absolute atomic E-state index is 11.1. The molecule has 17 heavy (non-hydrogen) atoms. The molecule has 1 aromatic carbocycles. The molecule has 0 aliphatic carbocycles. The van der Waals surface area contributed by atoms with Crippen LogP contribution in [0, 0.1) is 0 Å². The van der Waals surface area contributed by atoms with Crippen molar-refractivity contribution in [1.29, 1.82) is 0 Å². The van der Waals surface area contributed by atoms with E-state index in [2.05, 4.69) is 5.32 Å². The van der Waals surface area contributed by atoms with Crippen LogP contribution in [-0.2, 0) is 4.79 Å². The van der Waals surface area contributed by atoms with Crippen molar-refractivity contribution in [1.82, 2.24) is 5.32 Å². The lowest BCUT2D eigenvalue weighted by Gasteiger charge is -2.08. The van der Waals surface area contributed by atoms with E-state index in [1.54, 1.807) is 12.1 Å². The van der Waals surface area contributed by atoms with Crippen molar-refractivity contribution >= 4 is 23.8 Å². The van der Waals surface area contributed by atoms with Crippen LogP contribution in [0.15, 0.2) is 18.2 Å². The Morgan fingerprint density at radius 1 is 1.53 bits per heavy atom. The van der Waals surface area contributed by atoms with Crippen LogP contribution in [-0.4, -0.2) is 25.3 Å². The summed E-state index contributed by atoms with van der Waals surface area (Å²) in [4.78, 5) is 21.6. The van der Waals surface area contributed by atoms with Crippen LogP contribution in [0.4, 0.5) is 0 Å². The molecule has 0 heterocycles. The van der Waals surface area contributed by atoms with Crippen molar-refractivity contribution < 1.29 is 14.3 Å². The first kappa shape index (κ1) is 13.5. The highest BCUT2D eigenvalue weighted by Gasteiger charge is 2.04. The Hall–Kier alpha value is -1.55. The molecular weight excluding hydrogens is 242 g/mol. The Morgan fingerprint density at radius 3 is 2.88 bits per heavy atom. The van der Waals surface area contributed by atoms with Gasteiger partial charge in [0.15, 0.2) is 0 Å². The maximum atomic E-state index is 11.1. The molecular formula is C12H14ClNO3. The zero-order chi connectivity index (χ0) is 12.7. The fourth-order valence-corrected chi connectivity index (χ4v) is 1.49. The monoisotopic (exact) mass is 255 g/mol. The van der Waals surface area contributed by atoms with Gasteiger partial charge in [0.05, 0.1) is 18.1 Å². The summed E-state index contributed by atoms with van der Waals surface area (Å²) in [6.45, 7) is 2.72. The Bertz CT molecular complexity index is 407. The standard InChI is InChI=1S/C12H14ClNO3/c1-2-14-12(16)5-6-17-11-4-3-9(8-15)7-10(11)13/h3-4,7-8H,2,5-6H2,1H3,(H,14,16). The molecule has 4 nitrogen and oxygen atoms in total. The first-order chi connectivity index (χ1) is 8.17. The van der Waals surface area contributed by atoms with Crippen LogP contribution in [0.25, 0.3) is 0 Å². The second kappa shape index (κ2) is 6.91. The SMILES string of the molecule is CCNC(=O)CCOc1ccc(C=O)cc1Cl. The molecule has 0 spiro atoms. The fourth-order valence-electron chi connectivity index (χ4n) is 1.25. The molecule has 0 atom stereocenters. The zero-order valence-corrected chi connectivity index (χ0v) is 10.3. The van der Waals surface area contributed by atoms with Crippen LogP contribution in [0.3, 0.4) is 0 Å². The highest BCUT2D eigenvalue weighted by molar-refractivity contribution is 6.32. The van der Waals surface area contributed by atoms with E-state index in [1.807, 2.05) is 6.92 Å². The van der Waals surface area contributed by atoms with E-state index in [0.29, 0.717) is 29.2 Å². The Morgan fingerprint density at radius 2 is 2.29 bits per heavy atom. The summed E-state index contributed by atoms with van der Waals surface area (Å²) in [7, 11) is 0. The molecule has 92 valence electrons. The normalized spacial score (nSPS) is 9.76. The molecule has 0 fully saturated rings. The lowest BCUT2D eigenvalue weighted by Crippen LogP contribution is -2.24. The number of ether oxygens (including phenoxy) is 1. The van der Waals surface area contributed by atoms with E-state index in [1.165, 1.54) is 6.07 Å². The Kier molecular flexibility index (Phi) is 5.49. The minimum Gasteiger partial charge on any atom is -0.491 e. The van der Waals surface area contributed by atoms with Crippen LogP contribution >= 0.6 is 11.6 Å². The number of hydrogen-bond donors (Lipinski definition) is 1. The third-order valence-corrected chi connectivity index (χ3v) is 2.35. The molecule has 0 saturated carbocycles. The quantitative estimate of drug-likeness (QED) is 0.792. The van der Waals surface area contributed by atoms with Crippen molar-refractivity contribution in [3.05, 3.63) is 28.8 Å². The topological polar surface area (TPSA) is 55.4 Å². The number of carbonyl (C=O) groups is 2. The van der Waals surface area contributed by atoms with Gasteiger partial charge in [-0.2, -0.15) is 0 Å². The molecule has 1 N–H and O–H groups in total. The van der Waals surface area contributed by atoms with Crippen molar-refractivity contribution in [2.24, 2.45) is 0 Å². The van der Waals surface area contributed by atoms with E-state index in [0.717, 1.165) is 0 Å². The number of carbonyl (C=O) groups excluding carboxylic acids is 2. The van der Waals surface area contributed by atoms with Gasteiger partial charge in [0.2, 0.25) is 5.91 Å². The minimum absolute atomic E-state index is 0.0619. The molecule has 0 unspecified atom stereocenters. The van der Waals surface area contributed by atoms with E-state index in [-0.39, 0.29) is 18.9 Å². The molecule has 0 aromatic heterocycles. The van der Waals surface area contributed by atoms with E-state index in [4.69, 9.17) is 16.3 Å². The van der Waals surface area contributed by atoms with E-state index < -0.39 is 0 Å². The average Bonchev–Trinajstić information content (AvgIpc) is 2.31. The van der Waals surface area contributed by atoms with Crippen molar-refractivity contribution in [3.63, 3.8) is 0 Å². The summed E-state index contributed by atoms with van der Waals surface area (Å²) in [5.41, 5.74) is 0.492. The lowest BCUT2D eigenvalue weighted by molar-refractivity contribution is -0.121. The Labute approximate surface area is 105 Å². The van der Waals surface area contributed by atoms with Crippen molar-refractivity contribution in [2.75, 3.05) is 13.2 Å². The van der Waals surface area contributed by atoms with E-state index in [9.17, 15) is 9.59 Å². The molecule has 1 amide bonds. The first-order valence-electron chi connectivity index (χ1n) is 5.31. The molecule has 0 saturated heterocycles. The number of aldehydes is 1. The Balaban J connectivity index is 2.47. The molecule has 0 aliphatic rings. The summed E-state index contributed by atoms with van der Waals surface area (Å²) in [6.07, 6.45) is 0.990. The minimum atomic E-state index is -0.0619. The van der Waals surface area contributed by atoms with Crippen LogP contribution in [0.1, 0.15) is 23.7 Å². The summed E-state index contributed by atoms with van der Waals surface area (Å²) < 4.78 is 5.34. The van der Waals surface area contributed by atoms with Gasteiger partial charge in [0.25, 0.3) is 0 Å². The molecule has 0 radical (unpaired) electrons. The largest absolute Gasteiger partial charge is 0.491 e. The smallest absolute Gasteiger partial charge is 0.223 e. The highest BCUT2D eigenvalue weighted by Crippen LogP contribution is 2.24. The maximum Gasteiger partial charge on any atom is 0.223 e. The third-order valence-electron chi connectivity index (χ3n) is 2.05. The summed E-state index contributed by atoms with van der Waals surface area (Å²) in [5, 5.41) is 3.03. The number of rotatable bonds is 6. The molecule has 0 aliphatic heterocycles. The molecule has 0 bridgehead atoms. The predicted octanol–water partition coefficient (Wildman–Crippen LogP) is 2.06. The predicted molar refractivity (Wildman–Crippen MR) is 65.6 cm³/mol. The van der Waals surface area contributed by atoms with E-state index >= 15 is 0 Å². The van der Waals surface area contributed by atoms with Gasteiger partial charge < -0.3 is 10.1 Å². The van der Waals surface area contributed by atoms with Gasteiger partial charge in [-0.25, -0.2) is 0 Å². The van der Waals surface area contributed by atoms with Crippen LogP contribution in [0.2, 0.25) is 5.02 Å². The number of hydrogen-bond acceptors (Lipinski definition) is 3. The van der Waals surface area contributed by atoms with Crippen molar-refractivity contribution in [2.45, 2.75) is 13.3 Å². The lowest BCUT2D eigenvalue weighted by atomic mass is 10.2. The average molecular weight is 256 g/mol. The van der Waals surface area contributed by atoms with Gasteiger partial charge in [0, 0.05) is 12.1 Å². The summed E-state index contributed by atoms with van der Waals surface area (Å²) in [5.74, 6) is 0.412. The first-order valence-corrected chi connectivity index (χ1v) is 5.69. The van der Waals surface area contributed by atoms with Crippen LogP contribution in [0.5, 0.6) is 5.75 Å². The van der Waals surface area contributed by atoms with Crippen molar-refractivity contribution in [3.8, 4) is 5.75 Å². The number of nitrogens with one attached hydrogen (secondary N) is 1. The molecule has 1 rings (SSSR count). The fraction of sp³-hybridized carbons (Fsp3) is 0.333. The van der Waals surface area contributed by atoms with Gasteiger partial charge in [-0.15, -0.1) is 0 Å². The van der Waals surface area contributed by atoms with Gasteiger partial charge in [-0.1, -0.05) is 11.6 Å². The zero-order valence-electron chi connectivity index (χ0n) is 9.53. The number of amides is 1. The summed E-state index contributed by atoms with van der Waals surface area (Å²) in [6, 6.07) is 4.75. The van der Waals surface area contributed by atoms with Gasteiger partial charge in [0.1, 0.15) is 12.0 Å². The van der Waals surface area contributed by atoms with Gasteiger partial charge >= 0.3 is 0 Å². The van der Waals surface area contributed by atoms with Gasteiger partial charge in [-0.3, -0.25) is 9.59 Å².